The van der Waals surface area contributed by atoms with Crippen LogP contribution in [0.2, 0.25) is 0 Å². The van der Waals surface area contributed by atoms with E-state index < -0.39 is 21.8 Å². The third-order valence-electron chi connectivity index (χ3n) is 3.65. The molecule has 4 N–H and O–H groups in total. The second-order valence-electron chi connectivity index (χ2n) is 5.67. The minimum absolute atomic E-state index is 0. The maximum absolute atomic E-state index is 12.7. The average molecular weight is 528 g/mol. The molecule has 0 aliphatic carbocycles. The first-order valence-corrected chi connectivity index (χ1v) is 9.36. The summed E-state index contributed by atoms with van der Waals surface area (Å²) in [5.41, 5.74) is 0.536. The summed E-state index contributed by atoms with van der Waals surface area (Å²) in [6.07, 6.45) is -4.39. The van der Waals surface area contributed by atoms with Crippen LogP contribution in [0.5, 0.6) is 0 Å². The quantitative estimate of drug-likeness (QED) is 0.316. The van der Waals surface area contributed by atoms with Crippen molar-refractivity contribution in [2.75, 3.05) is 7.05 Å². The summed E-state index contributed by atoms with van der Waals surface area (Å²) < 4.78 is 60.7. The Labute approximate surface area is 178 Å². The van der Waals surface area contributed by atoms with Crippen LogP contribution in [-0.4, -0.2) is 21.4 Å². The second kappa shape index (κ2) is 10.1. The molecule has 0 aliphatic rings. The smallest absolute Gasteiger partial charge is 0.352 e. The topological polar surface area (TPSA) is 96.6 Å². The molecule has 0 heterocycles. The molecule has 0 aliphatic heterocycles. The molecule has 2 aromatic rings. The van der Waals surface area contributed by atoms with Crippen molar-refractivity contribution in [3.05, 3.63) is 65.2 Å². The minimum Gasteiger partial charge on any atom is -0.352 e. The van der Waals surface area contributed by atoms with Gasteiger partial charge in [0.15, 0.2) is 5.96 Å². The zero-order chi connectivity index (χ0) is 20.1. The van der Waals surface area contributed by atoms with Crippen LogP contribution in [0, 0.1) is 0 Å². The third kappa shape index (κ3) is 7.28. The Morgan fingerprint density at radius 3 is 2.11 bits per heavy atom. The summed E-state index contributed by atoms with van der Waals surface area (Å²) in [6.45, 7) is 0.501. The van der Waals surface area contributed by atoms with E-state index in [1.165, 1.54) is 25.2 Å². The van der Waals surface area contributed by atoms with Crippen molar-refractivity contribution in [1.29, 1.82) is 0 Å². The molecule has 0 aromatic heterocycles. The van der Waals surface area contributed by atoms with Gasteiger partial charge in [0, 0.05) is 20.1 Å². The van der Waals surface area contributed by atoms with Gasteiger partial charge in [-0.1, -0.05) is 24.3 Å². The number of halogens is 4. The molecular weight excluding hydrogens is 508 g/mol. The van der Waals surface area contributed by atoms with Crippen LogP contribution in [0.15, 0.2) is 58.4 Å². The van der Waals surface area contributed by atoms with Crippen molar-refractivity contribution in [3.63, 3.8) is 0 Å². The van der Waals surface area contributed by atoms with Gasteiger partial charge in [0.2, 0.25) is 10.0 Å². The van der Waals surface area contributed by atoms with E-state index in [9.17, 15) is 21.6 Å². The Hall–Kier alpha value is -1.86. The Morgan fingerprint density at radius 2 is 1.61 bits per heavy atom. The predicted octanol–water partition coefficient (Wildman–Crippen LogP) is 2.84. The Bertz CT molecular complexity index is 917. The molecule has 2 rings (SSSR count). The Kier molecular flexibility index (Phi) is 8.70. The molecule has 0 saturated heterocycles. The highest BCUT2D eigenvalue weighted by atomic mass is 127. The first kappa shape index (κ1) is 24.2. The fourth-order valence-corrected chi connectivity index (χ4v) is 2.76. The number of nitrogens with zero attached hydrogens (tertiary/aromatic N) is 1. The summed E-state index contributed by atoms with van der Waals surface area (Å²) in [5.74, 6) is 0.392. The van der Waals surface area contributed by atoms with Crippen LogP contribution in [0.1, 0.15) is 16.7 Å². The second-order valence-corrected chi connectivity index (χ2v) is 7.23. The van der Waals surface area contributed by atoms with Gasteiger partial charge in [-0.25, -0.2) is 13.6 Å². The average Bonchev–Trinajstić information content (AvgIpc) is 2.61. The molecule has 0 bridgehead atoms. The molecule has 0 amide bonds. The highest BCUT2D eigenvalue weighted by molar-refractivity contribution is 14.0. The van der Waals surface area contributed by atoms with Crippen LogP contribution < -0.4 is 15.8 Å². The summed E-state index contributed by atoms with van der Waals surface area (Å²) in [7, 11) is -2.21. The van der Waals surface area contributed by atoms with E-state index in [0.29, 0.717) is 18.1 Å². The van der Waals surface area contributed by atoms with Crippen LogP contribution in [0.4, 0.5) is 13.2 Å². The number of guanidine groups is 1. The Morgan fingerprint density at radius 1 is 1.04 bits per heavy atom. The molecule has 28 heavy (non-hydrogen) atoms. The lowest BCUT2D eigenvalue weighted by molar-refractivity contribution is -0.137. The lowest BCUT2D eigenvalue weighted by Gasteiger charge is -2.13. The number of sulfonamides is 1. The highest BCUT2D eigenvalue weighted by Crippen LogP contribution is 2.29. The third-order valence-corrected chi connectivity index (χ3v) is 4.58. The molecule has 0 spiro atoms. The zero-order valence-corrected chi connectivity index (χ0v) is 18.0. The van der Waals surface area contributed by atoms with Gasteiger partial charge in [-0.05, 0) is 35.4 Å². The van der Waals surface area contributed by atoms with Crippen LogP contribution in [-0.2, 0) is 29.3 Å². The van der Waals surface area contributed by atoms with E-state index in [2.05, 4.69) is 15.6 Å². The molecular formula is C17H20F3IN4O2S. The normalized spacial score (nSPS) is 12.2. The van der Waals surface area contributed by atoms with Gasteiger partial charge in [-0.15, -0.1) is 24.0 Å². The molecule has 11 heteroatoms. The maximum atomic E-state index is 12.7. The lowest BCUT2D eigenvalue weighted by Crippen LogP contribution is -2.36. The number of alkyl halides is 3. The zero-order valence-electron chi connectivity index (χ0n) is 14.8. The van der Waals surface area contributed by atoms with Gasteiger partial charge in [0.1, 0.15) is 0 Å². The number of rotatable bonds is 5. The minimum atomic E-state index is -4.39. The molecule has 2 aromatic carbocycles. The molecule has 0 unspecified atom stereocenters. The molecule has 0 atom stereocenters. The molecule has 6 nitrogen and oxygen atoms in total. The maximum Gasteiger partial charge on any atom is 0.416 e. The summed E-state index contributed by atoms with van der Waals surface area (Å²) in [4.78, 5) is 4.01. The van der Waals surface area contributed by atoms with E-state index >= 15 is 0 Å². The van der Waals surface area contributed by atoms with Gasteiger partial charge in [0.05, 0.1) is 10.5 Å². The standard InChI is InChI=1S/C17H19F3N4O2S.HI/c1-22-16(23-10-12-5-7-15(8-6-12)27(21,25)26)24-11-13-3-2-4-14(9-13)17(18,19)20;/h2-9H,10-11H2,1H3,(H2,21,25,26)(H2,22,23,24);1H. The van der Waals surface area contributed by atoms with E-state index in [4.69, 9.17) is 5.14 Å². The number of primary sulfonamides is 1. The number of nitrogens with two attached hydrogens (primary N) is 1. The lowest BCUT2D eigenvalue weighted by atomic mass is 10.1. The first-order chi connectivity index (χ1) is 12.6. The van der Waals surface area contributed by atoms with Crippen LogP contribution >= 0.6 is 24.0 Å². The first-order valence-electron chi connectivity index (χ1n) is 7.82. The summed E-state index contributed by atoms with van der Waals surface area (Å²) >= 11 is 0. The van der Waals surface area contributed by atoms with E-state index in [1.807, 2.05) is 0 Å². The van der Waals surface area contributed by atoms with E-state index in [-0.39, 0.29) is 35.4 Å². The fraction of sp³-hybridized carbons (Fsp3) is 0.235. The Balaban J connectivity index is 0.00000392. The number of aliphatic imine (C=N–C) groups is 1. The van der Waals surface area contributed by atoms with Crippen molar-refractivity contribution < 1.29 is 21.6 Å². The van der Waals surface area contributed by atoms with Crippen molar-refractivity contribution in [1.82, 2.24) is 10.6 Å². The molecule has 0 fully saturated rings. The van der Waals surface area contributed by atoms with Crippen LogP contribution in [0.3, 0.4) is 0 Å². The molecule has 154 valence electrons. The van der Waals surface area contributed by atoms with Crippen molar-refractivity contribution >= 4 is 40.0 Å². The monoisotopic (exact) mass is 528 g/mol. The van der Waals surface area contributed by atoms with Crippen LogP contribution in [0.25, 0.3) is 0 Å². The van der Waals surface area contributed by atoms with Gasteiger partial charge in [0.25, 0.3) is 0 Å². The van der Waals surface area contributed by atoms with Gasteiger partial charge >= 0.3 is 6.18 Å². The van der Waals surface area contributed by atoms with Crippen molar-refractivity contribution in [3.8, 4) is 0 Å². The predicted molar refractivity (Wildman–Crippen MR) is 112 cm³/mol. The number of hydrogen-bond donors (Lipinski definition) is 3. The largest absolute Gasteiger partial charge is 0.416 e. The van der Waals surface area contributed by atoms with Gasteiger partial charge < -0.3 is 10.6 Å². The summed E-state index contributed by atoms with van der Waals surface area (Å²) in [6, 6.07) is 11.0. The molecule has 0 saturated carbocycles. The SMILES string of the molecule is CN=C(NCc1ccc(S(N)(=O)=O)cc1)NCc1cccc(C(F)(F)F)c1.I. The van der Waals surface area contributed by atoms with Gasteiger partial charge in [-0.3, -0.25) is 4.99 Å². The van der Waals surface area contributed by atoms with Crippen molar-refractivity contribution in [2.24, 2.45) is 10.1 Å². The fourth-order valence-electron chi connectivity index (χ4n) is 2.25. The number of benzene rings is 2. The highest BCUT2D eigenvalue weighted by Gasteiger charge is 2.30. The summed E-state index contributed by atoms with van der Waals surface area (Å²) in [5, 5.41) is 11.0. The van der Waals surface area contributed by atoms with Gasteiger partial charge in [-0.2, -0.15) is 13.2 Å². The van der Waals surface area contributed by atoms with E-state index in [1.54, 1.807) is 18.2 Å². The number of nitrogens with one attached hydrogen (secondary N) is 2. The number of hydrogen-bond acceptors (Lipinski definition) is 3. The van der Waals surface area contributed by atoms with E-state index in [0.717, 1.165) is 17.7 Å². The molecule has 0 radical (unpaired) electrons. The van der Waals surface area contributed by atoms with Crippen molar-refractivity contribution in [2.45, 2.75) is 24.2 Å².